The third-order valence-electron chi connectivity index (χ3n) is 4.65. The Morgan fingerprint density at radius 1 is 1.33 bits per heavy atom. The Kier molecular flexibility index (Phi) is 5.74. The zero-order valence-corrected chi connectivity index (χ0v) is 17.4. The van der Waals surface area contributed by atoms with Gasteiger partial charge in [0, 0.05) is 41.4 Å². The number of methoxy groups -OCH3 is 1. The van der Waals surface area contributed by atoms with E-state index >= 15 is 0 Å². The normalized spacial score (nSPS) is 11.0. The summed E-state index contributed by atoms with van der Waals surface area (Å²) in [6.07, 6.45) is 2.50. The molecule has 1 amide bonds. The lowest BCUT2D eigenvalue weighted by atomic mass is 10.1. The number of aromatic nitrogens is 4. The fraction of sp³-hybridized carbons (Fsp3) is 0.368. The van der Waals surface area contributed by atoms with Crippen LogP contribution >= 0.6 is 15.9 Å². The minimum Gasteiger partial charge on any atom is -0.496 e. The van der Waals surface area contributed by atoms with Crippen molar-refractivity contribution < 1.29 is 9.53 Å². The molecule has 0 aliphatic rings. The second-order valence-electron chi connectivity index (χ2n) is 6.44. The van der Waals surface area contributed by atoms with Crippen LogP contribution in [0.3, 0.4) is 0 Å². The number of carbonyl (C=O) groups is 1. The molecule has 0 bridgehead atoms. The van der Waals surface area contributed by atoms with Crippen molar-refractivity contribution in [3.05, 3.63) is 51.5 Å². The van der Waals surface area contributed by atoms with Crippen molar-refractivity contribution in [2.24, 2.45) is 0 Å². The van der Waals surface area contributed by atoms with Gasteiger partial charge >= 0.3 is 0 Å². The van der Waals surface area contributed by atoms with Crippen LogP contribution in [-0.2, 0) is 17.8 Å². The van der Waals surface area contributed by atoms with Crippen molar-refractivity contribution in [2.45, 2.75) is 33.2 Å². The van der Waals surface area contributed by atoms with Crippen LogP contribution < -0.4 is 4.74 Å². The number of rotatable bonds is 6. The van der Waals surface area contributed by atoms with E-state index in [1.165, 1.54) is 6.33 Å². The van der Waals surface area contributed by atoms with Crippen molar-refractivity contribution in [2.75, 3.05) is 14.2 Å². The van der Waals surface area contributed by atoms with Crippen LogP contribution in [0.2, 0.25) is 0 Å². The van der Waals surface area contributed by atoms with Gasteiger partial charge in [-0.25, -0.2) is 9.50 Å². The molecule has 0 aliphatic heterocycles. The Balaban J connectivity index is 1.70. The molecule has 1 aromatic carbocycles. The summed E-state index contributed by atoms with van der Waals surface area (Å²) in [6, 6.07) is 5.78. The van der Waals surface area contributed by atoms with Crippen molar-refractivity contribution >= 4 is 27.6 Å². The van der Waals surface area contributed by atoms with Gasteiger partial charge in [0.15, 0.2) is 0 Å². The number of carbonyl (C=O) groups excluding carboxylic acids is 1. The number of benzene rings is 1. The van der Waals surface area contributed by atoms with E-state index in [9.17, 15) is 4.79 Å². The predicted octanol–water partition coefficient (Wildman–Crippen LogP) is 3.10. The third-order valence-corrected chi connectivity index (χ3v) is 5.15. The molecular weight excluding hydrogens is 410 g/mol. The molecule has 0 atom stereocenters. The van der Waals surface area contributed by atoms with Gasteiger partial charge in [-0.05, 0) is 44.0 Å². The highest BCUT2D eigenvalue weighted by Crippen LogP contribution is 2.24. The molecule has 0 saturated carbocycles. The molecular formula is C19H22BrN5O2. The molecule has 0 unspecified atom stereocenters. The first kappa shape index (κ1) is 19.3. The van der Waals surface area contributed by atoms with Gasteiger partial charge in [-0.2, -0.15) is 10.1 Å². The van der Waals surface area contributed by atoms with Gasteiger partial charge in [0.25, 0.3) is 5.78 Å². The topological polar surface area (TPSA) is 72.6 Å². The fourth-order valence-electron chi connectivity index (χ4n) is 3.15. The zero-order valence-electron chi connectivity index (χ0n) is 15.9. The quantitative estimate of drug-likeness (QED) is 0.599. The van der Waals surface area contributed by atoms with Crippen molar-refractivity contribution in [3.63, 3.8) is 0 Å². The highest BCUT2D eigenvalue weighted by atomic mass is 79.9. The molecule has 0 aliphatic carbocycles. The van der Waals surface area contributed by atoms with E-state index in [1.54, 1.807) is 23.6 Å². The summed E-state index contributed by atoms with van der Waals surface area (Å²) in [5, 5.41) is 4.19. The minimum atomic E-state index is 0.0644. The number of hydrogen-bond donors (Lipinski definition) is 0. The lowest BCUT2D eigenvalue weighted by Gasteiger charge is -2.19. The summed E-state index contributed by atoms with van der Waals surface area (Å²) in [4.78, 5) is 23.0. The van der Waals surface area contributed by atoms with Crippen molar-refractivity contribution in [3.8, 4) is 5.75 Å². The van der Waals surface area contributed by atoms with Gasteiger partial charge in [0.2, 0.25) is 5.91 Å². The lowest BCUT2D eigenvalue weighted by molar-refractivity contribution is -0.130. The van der Waals surface area contributed by atoms with E-state index in [-0.39, 0.29) is 5.91 Å². The maximum atomic E-state index is 12.7. The molecule has 0 spiro atoms. The second kappa shape index (κ2) is 8.04. The molecule has 0 saturated heterocycles. The van der Waals surface area contributed by atoms with Crippen LogP contribution in [0, 0.1) is 13.8 Å². The molecule has 2 aromatic heterocycles. The van der Waals surface area contributed by atoms with E-state index in [4.69, 9.17) is 4.74 Å². The zero-order chi connectivity index (χ0) is 19.6. The fourth-order valence-corrected chi connectivity index (χ4v) is 3.56. The Morgan fingerprint density at radius 3 is 2.85 bits per heavy atom. The summed E-state index contributed by atoms with van der Waals surface area (Å²) in [6.45, 7) is 4.41. The lowest BCUT2D eigenvalue weighted by Crippen LogP contribution is -2.27. The molecule has 7 nitrogen and oxygen atoms in total. The van der Waals surface area contributed by atoms with Gasteiger partial charge in [-0.1, -0.05) is 15.9 Å². The summed E-state index contributed by atoms with van der Waals surface area (Å²) in [5.41, 5.74) is 3.85. The van der Waals surface area contributed by atoms with E-state index in [0.717, 1.165) is 32.7 Å². The highest BCUT2D eigenvalue weighted by Gasteiger charge is 2.16. The van der Waals surface area contributed by atoms with E-state index < -0.39 is 0 Å². The first-order valence-electron chi connectivity index (χ1n) is 8.63. The number of fused-ring (bicyclic) bond motifs is 1. The van der Waals surface area contributed by atoms with Gasteiger partial charge in [-0.15, -0.1) is 0 Å². The minimum absolute atomic E-state index is 0.0644. The van der Waals surface area contributed by atoms with Crippen LogP contribution in [0.1, 0.15) is 28.9 Å². The summed E-state index contributed by atoms with van der Waals surface area (Å²) >= 11 is 3.47. The number of nitrogens with zero attached hydrogens (tertiary/aromatic N) is 5. The first-order valence-corrected chi connectivity index (χ1v) is 9.42. The number of ether oxygens (including phenoxy) is 1. The molecule has 27 heavy (non-hydrogen) atoms. The van der Waals surface area contributed by atoms with E-state index in [2.05, 4.69) is 31.0 Å². The Labute approximate surface area is 166 Å². The van der Waals surface area contributed by atoms with Crippen molar-refractivity contribution in [1.29, 1.82) is 0 Å². The highest BCUT2D eigenvalue weighted by molar-refractivity contribution is 9.10. The first-order chi connectivity index (χ1) is 12.9. The number of amides is 1. The number of hydrogen-bond acceptors (Lipinski definition) is 5. The van der Waals surface area contributed by atoms with Gasteiger partial charge in [0.05, 0.1) is 7.11 Å². The average Bonchev–Trinajstić information content (AvgIpc) is 3.10. The second-order valence-corrected chi connectivity index (χ2v) is 7.35. The third kappa shape index (κ3) is 4.10. The SMILES string of the molecule is COc1ccc(Br)cc1CN(C)C(=O)CCc1c(C)nc2ncnn2c1C. The van der Waals surface area contributed by atoms with Crippen molar-refractivity contribution in [1.82, 2.24) is 24.5 Å². The molecule has 0 fully saturated rings. The summed E-state index contributed by atoms with van der Waals surface area (Å²) in [5.74, 6) is 1.42. The van der Waals surface area contributed by atoms with E-state index in [0.29, 0.717) is 25.2 Å². The van der Waals surface area contributed by atoms with Crippen LogP contribution in [-0.4, -0.2) is 44.5 Å². The molecule has 3 aromatic rings. The molecule has 142 valence electrons. The van der Waals surface area contributed by atoms with Crippen LogP contribution in [0.25, 0.3) is 5.78 Å². The maximum Gasteiger partial charge on any atom is 0.252 e. The monoisotopic (exact) mass is 431 g/mol. The molecule has 3 rings (SSSR count). The molecule has 8 heteroatoms. The Hall–Kier alpha value is -2.48. The van der Waals surface area contributed by atoms with Crippen LogP contribution in [0.15, 0.2) is 29.0 Å². The van der Waals surface area contributed by atoms with E-state index in [1.807, 2.05) is 32.0 Å². The van der Waals surface area contributed by atoms with Gasteiger partial charge < -0.3 is 9.64 Å². The maximum absolute atomic E-state index is 12.7. The smallest absolute Gasteiger partial charge is 0.252 e. The average molecular weight is 432 g/mol. The molecule has 2 heterocycles. The molecule has 0 N–H and O–H groups in total. The van der Waals surface area contributed by atoms with Gasteiger partial charge in [-0.3, -0.25) is 4.79 Å². The largest absolute Gasteiger partial charge is 0.496 e. The van der Waals surface area contributed by atoms with Crippen LogP contribution in [0.4, 0.5) is 0 Å². The summed E-state index contributed by atoms with van der Waals surface area (Å²) in [7, 11) is 3.44. The summed E-state index contributed by atoms with van der Waals surface area (Å²) < 4.78 is 8.06. The molecule has 0 radical (unpaired) electrons. The van der Waals surface area contributed by atoms with Crippen LogP contribution in [0.5, 0.6) is 5.75 Å². The standard InChI is InChI=1S/C19H22BrN5O2/c1-12-16(13(2)25-19(23-12)21-11-22-25)6-8-18(26)24(3)10-14-9-15(20)5-7-17(14)27-4/h5,7,9,11H,6,8,10H2,1-4H3. The number of aryl methyl sites for hydroxylation is 2. The van der Waals surface area contributed by atoms with Gasteiger partial charge in [0.1, 0.15) is 12.1 Å². The Bertz CT molecular complexity index is 986. The number of halogens is 1. The predicted molar refractivity (Wildman–Crippen MR) is 106 cm³/mol. The Morgan fingerprint density at radius 2 is 2.11 bits per heavy atom.